The summed E-state index contributed by atoms with van der Waals surface area (Å²) in [6, 6.07) is 10.6. The van der Waals surface area contributed by atoms with Crippen LogP contribution < -0.4 is 15.4 Å². The molecule has 0 aromatic heterocycles. The van der Waals surface area contributed by atoms with Crippen molar-refractivity contribution in [2.75, 3.05) is 56.6 Å². The van der Waals surface area contributed by atoms with E-state index in [-0.39, 0.29) is 5.56 Å². The zero-order chi connectivity index (χ0) is 25.3. The Bertz CT molecular complexity index is 997. The Hall–Kier alpha value is -2.97. The van der Waals surface area contributed by atoms with E-state index in [0.29, 0.717) is 36.7 Å². The van der Waals surface area contributed by atoms with Gasteiger partial charge in [0, 0.05) is 61.6 Å². The number of anilines is 2. The summed E-state index contributed by atoms with van der Waals surface area (Å²) in [6.07, 6.45) is 2.03. The van der Waals surface area contributed by atoms with Crippen molar-refractivity contribution in [2.24, 2.45) is 4.99 Å². The fraction of sp³-hybridized carbons (Fsp3) is 0.444. The molecule has 1 fully saturated rings. The quantitative estimate of drug-likeness (QED) is 0.366. The average molecular weight is 487 g/mol. The second-order valence-electron chi connectivity index (χ2n) is 9.07. The Balaban J connectivity index is 1.62. The second-order valence-corrected chi connectivity index (χ2v) is 9.07. The van der Waals surface area contributed by atoms with Crippen molar-refractivity contribution < 1.29 is 18.3 Å². The van der Waals surface area contributed by atoms with Crippen LogP contribution >= 0.6 is 0 Å². The van der Waals surface area contributed by atoms with Crippen LogP contribution in [-0.2, 0) is 4.74 Å². The number of hydrogen-bond donors (Lipinski definition) is 2. The van der Waals surface area contributed by atoms with Crippen LogP contribution in [0.25, 0.3) is 5.70 Å². The van der Waals surface area contributed by atoms with Crippen LogP contribution in [0.1, 0.15) is 32.8 Å². The zero-order valence-corrected chi connectivity index (χ0v) is 20.9. The third kappa shape index (κ3) is 8.64. The van der Waals surface area contributed by atoms with E-state index in [1.807, 2.05) is 24.3 Å². The van der Waals surface area contributed by atoms with Crippen LogP contribution in [-0.4, -0.2) is 62.8 Å². The van der Waals surface area contributed by atoms with Crippen LogP contribution in [0.2, 0.25) is 0 Å². The lowest BCUT2D eigenvalue weighted by Gasteiger charge is -2.26. The van der Waals surface area contributed by atoms with Crippen molar-refractivity contribution in [3.63, 3.8) is 0 Å². The Morgan fingerprint density at radius 3 is 2.54 bits per heavy atom. The Labute approximate surface area is 207 Å². The fourth-order valence-corrected chi connectivity index (χ4v) is 3.72. The molecule has 2 N–H and O–H groups in total. The van der Waals surface area contributed by atoms with Crippen molar-refractivity contribution in [2.45, 2.75) is 32.9 Å². The van der Waals surface area contributed by atoms with E-state index in [2.05, 4.69) is 27.1 Å². The molecule has 1 heterocycles. The fourth-order valence-electron chi connectivity index (χ4n) is 3.72. The van der Waals surface area contributed by atoms with Gasteiger partial charge in [-0.15, -0.1) is 0 Å². The first-order valence-corrected chi connectivity index (χ1v) is 12.0. The Kier molecular flexibility index (Phi) is 9.63. The maximum absolute atomic E-state index is 15.1. The minimum absolute atomic E-state index is 0.288. The number of hydrogen-bond acceptors (Lipinski definition) is 6. The maximum Gasteiger partial charge on any atom is 0.138 e. The van der Waals surface area contributed by atoms with Gasteiger partial charge in [-0.25, -0.2) is 8.78 Å². The summed E-state index contributed by atoms with van der Waals surface area (Å²) in [5.41, 5.74) is 1.55. The van der Waals surface area contributed by atoms with Gasteiger partial charge < -0.3 is 20.1 Å². The van der Waals surface area contributed by atoms with Crippen LogP contribution in [0, 0.1) is 5.82 Å². The van der Waals surface area contributed by atoms with E-state index >= 15 is 4.39 Å². The van der Waals surface area contributed by atoms with Gasteiger partial charge in [-0.1, -0.05) is 6.58 Å². The SMILES string of the molecule is C=C(Nc1ccc(NCCC(C)(C)F)cc1)c1c(F)cc(OCCN2CCOCC2)cc1N=CC. The molecule has 190 valence electrons. The van der Waals surface area contributed by atoms with Crippen LogP contribution in [0.3, 0.4) is 0 Å². The molecule has 3 rings (SSSR count). The van der Waals surface area contributed by atoms with Gasteiger partial charge in [-0.3, -0.25) is 9.89 Å². The van der Waals surface area contributed by atoms with E-state index in [0.717, 1.165) is 44.2 Å². The molecule has 2 aromatic rings. The minimum atomic E-state index is -1.21. The smallest absolute Gasteiger partial charge is 0.138 e. The molecule has 6 nitrogen and oxygen atoms in total. The van der Waals surface area contributed by atoms with E-state index in [4.69, 9.17) is 9.47 Å². The number of alkyl halides is 1. The molecule has 0 radical (unpaired) electrons. The molecule has 0 saturated carbocycles. The molecule has 0 bridgehead atoms. The number of halogens is 2. The summed E-state index contributed by atoms with van der Waals surface area (Å²) in [5, 5.41) is 6.36. The third-order valence-electron chi connectivity index (χ3n) is 5.62. The first kappa shape index (κ1) is 26.6. The van der Waals surface area contributed by atoms with Crippen LogP contribution in [0.15, 0.2) is 48.0 Å². The largest absolute Gasteiger partial charge is 0.492 e. The molecule has 0 aliphatic carbocycles. The number of rotatable bonds is 12. The van der Waals surface area contributed by atoms with E-state index in [9.17, 15) is 4.39 Å². The molecule has 8 heteroatoms. The first-order chi connectivity index (χ1) is 16.7. The summed E-state index contributed by atoms with van der Waals surface area (Å²) in [7, 11) is 0. The molecule has 0 amide bonds. The van der Waals surface area contributed by atoms with Gasteiger partial charge in [0.15, 0.2) is 0 Å². The average Bonchev–Trinajstić information content (AvgIpc) is 2.80. The van der Waals surface area contributed by atoms with Gasteiger partial charge in [0.2, 0.25) is 0 Å². The molecule has 0 spiro atoms. The summed E-state index contributed by atoms with van der Waals surface area (Å²) in [5.74, 6) is -0.0288. The molecular weight excluding hydrogens is 450 g/mol. The third-order valence-corrected chi connectivity index (χ3v) is 5.62. The summed E-state index contributed by atoms with van der Waals surface area (Å²) < 4.78 is 40.0. The molecule has 1 aliphatic heterocycles. The van der Waals surface area contributed by atoms with Gasteiger partial charge in [-0.05, 0) is 51.5 Å². The van der Waals surface area contributed by atoms with Gasteiger partial charge in [0.25, 0.3) is 0 Å². The first-order valence-electron chi connectivity index (χ1n) is 12.0. The van der Waals surface area contributed by atoms with E-state index < -0.39 is 11.5 Å². The molecular formula is C27H36F2N4O2. The number of ether oxygens (including phenoxy) is 2. The van der Waals surface area contributed by atoms with Crippen molar-refractivity contribution in [1.82, 2.24) is 4.90 Å². The minimum Gasteiger partial charge on any atom is -0.492 e. The molecule has 35 heavy (non-hydrogen) atoms. The second kappa shape index (κ2) is 12.7. The number of benzene rings is 2. The van der Waals surface area contributed by atoms with E-state index in [1.54, 1.807) is 33.1 Å². The predicted octanol–water partition coefficient (Wildman–Crippen LogP) is 5.89. The highest BCUT2D eigenvalue weighted by atomic mass is 19.1. The molecule has 1 saturated heterocycles. The molecule has 0 atom stereocenters. The van der Waals surface area contributed by atoms with Crippen molar-refractivity contribution in [3.05, 3.63) is 54.4 Å². The topological polar surface area (TPSA) is 58.1 Å². The monoisotopic (exact) mass is 486 g/mol. The normalized spacial score (nSPS) is 14.8. The number of nitrogens with one attached hydrogen (secondary N) is 2. The Morgan fingerprint density at radius 2 is 1.89 bits per heavy atom. The predicted molar refractivity (Wildman–Crippen MR) is 140 cm³/mol. The maximum atomic E-state index is 15.1. The summed E-state index contributed by atoms with van der Waals surface area (Å²) in [4.78, 5) is 6.60. The summed E-state index contributed by atoms with van der Waals surface area (Å²) >= 11 is 0. The molecule has 0 unspecified atom stereocenters. The lowest BCUT2D eigenvalue weighted by Crippen LogP contribution is -2.38. The standard InChI is InChI=1S/C27H36F2N4O2/c1-5-30-25-19-23(35-17-14-33-12-15-34-16-13-33)18-24(28)26(25)20(2)32-22-8-6-21(7-9-22)31-11-10-27(3,4)29/h5-9,18-19,31-32H,2,10-17H2,1,3-4H3. The van der Waals surface area contributed by atoms with Crippen LogP contribution in [0.5, 0.6) is 5.75 Å². The van der Waals surface area contributed by atoms with Gasteiger partial charge in [-0.2, -0.15) is 0 Å². The highest BCUT2D eigenvalue weighted by molar-refractivity contribution is 5.83. The highest BCUT2D eigenvalue weighted by Crippen LogP contribution is 2.33. The van der Waals surface area contributed by atoms with Gasteiger partial charge in [0.1, 0.15) is 23.8 Å². The zero-order valence-electron chi connectivity index (χ0n) is 20.9. The molecule has 1 aliphatic rings. The van der Waals surface area contributed by atoms with Crippen molar-refractivity contribution >= 4 is 29.0 Å². The van der Waals surface area contributed by atoms with Gasteiger partial charge in [0.05, 0.1) is 24.5 Å². The van der Waals surface area contributed by atoms with Gasteiger partial charge >= 0.3 is 0 Å². The number of nitrogens with zero attached hydrogens (tertiary/aromatic N) is 2. The van der Waals surface area contributed by atoms with Crippen LogP contribution in [0.4, 0.5) is 25.8 Å². The lowest BCUT2D eigenvalue weighted by atomic mass is 10.1. The Morgan fingerprint density at radius 1 is 1.20 bits per heavy atom. The number of aliphatic imine (C=N–C) groups is 1. The van der Waals surface area contributed by atoms with E-state index in [1.165, 1.54) is 6.07 Å². The van der Waals surface area contributed by atoms with Crippen molar-refractivity contribution in [1.29, 1.82) is 0 Å². The number of morpholine rings is 1. The molecule has 2 aromatic carbocycles. The lowest BCUT2D eigenvalue weighted by molar-refractivity contribution is 0.0322. The summed E-state index contributed by atoms with van der Waals surface area (Å²) in [6.45, 7) is 13.9. The van der Waals surface area contributed by atoms with Crippen molar-refractivity contribution in [3.8, 4) is 5.75 Å². The highest BCUT2D eigenvalue weighted by Gasteiger charge is 2.16.